The molecule has 0 radical (unpaired) electrons. The summed E-state index contributed by atoms with van der Waals surface area (Å²) in [6.45, 7) is 1.35. The average Bonchev–Trinajstić information content (AvgIpc) is 2.98. The van der Waals surface area contributed by atoms with E-state index in [-0.39, 0.29) is 17.5 Å². The SMILES string of the molecule is O=C(O)N1CCC(c2cc3c(cc2F)c(F)nn3C2CCCCO2)CC1. The number of likely N-dealkylation sites (tertiary alicyclic amines) is 1. The van der Waals surface area contributed by atoms with Crippen LogP contribution >= 0.6 is 0 Å². The molecule has 4 rings (SSSR count). The van der Waals surface area contributed by atoms with Crippen LogP contribution in [-0.4, -0.2) is 45.6 Å². The van der Waals surface area contributed by atoms with E-state index in [1.807, 2.05) is 0 Å². The summed E-state index contributed by atoms with van der Waals surface area (Å²) >= 11 is 0. The fourth-order valence-electron chi connectivity index (χ4n) is 3.97. The molecular formula is C18H21F2N3O3. The van der Waals surface area contributed by atoms with Gasteiger partial charge < -0.3 is 14.7 Å². The normalized spacial score (nSPS) is 22.1. The van der Waals surface area contributed by atoms with Crippen molar-refractivity contribution in [2.75, 3.05) is 19.7 Å². The Kier molecular flexibility index (Phi) is 4.52. The van der Waals surface area contributed by atoms with Gasteiger partial charge in [0.25, 0.3) is 0 Å². The first-order chi connectivity index (χ1) is 12.5. The van der Waals surface area contributed by atoms with E-state index in [2.05, 4.69) is 5.10 Å². The molecule has 1 unspecified atom stereocenters. The number of hydrogen-bond acceptors (Lipinski definition) is 3. The maximum absolute atomic E-state index is 14.6. The van der Waals surface area contributed by atoms with Gasteiger partial charge in [0.05, 0.1) is 10.9 Å². The zero-order valence-corrected chi connectivity index (χ0v) is 14.3. The van der Waals surface area contributed by atoms with E-state index in [1.165, 1.54) is 15.6 Å². The largest absolute Gasteiger partial charge is 0.465 e. The molecule has 2 saturated heterocycles. The van der Waals surface area contributed by atoms with Crippen LogP contribution in [0.4, 0.5) is 13.6 Å². The number of aromatic nitrogens is 2. The zero-order valence-electron chi connectivity index (χ0n) is 14.3. The van der Waals surface area contributed by atoms with Crippen LogP contribution in [-0.2, 0) is 4.74 Å². The predicted molar refractivity (Wildman–Crippen MR) is 90.1 cm³/mol. The minimum Gasteiger partial charge on any atom is -0.465 e. The number of ether oxygens (including phenoxy) is 1. The second kappa shape index (κ2) is 6.83. The Bertz CT molecular complexity index is 825. The Morgan fingerprint density at radius 1 is 1.19 bits per heavy atom. The molecule has 1 aromatic heterocycles. The van der Waals surface area contributed by atoms with Crippen molar-refractivity contribution in [3.63, 3.8) is 0 Å². The van der Waals surface area contributed by atoms with Crippen molar-refractivity contribution in [2.45, 2.75) is 44.2 Å². The quantitative estimate of drug-likeness (QED) is 0.877. The number of fused-ring (bicyclic) bond motifs is 1. The van der Waals surface area contributed by atoms with Gasteiger partial charge in [-0.25, -0.2) is 13.9 Å². The van der Waals surface area contributed by atoms with Crippen LogP contribution in [0.15, 0.2) is 12.1 Å². The average molecular weight is 365 g/mol. The van der Waals surface area contributed by atoms with Gasteiger partial charge in [-0.15, -0.1) is 5.10 Å². The standard InChI is InChI=1S/C18H21F2N3O3/c19-14-9-13-15(23(21-17(13)20)16-3-1-2-8-26-16)10-12(14)11-4-6-22(7-5-11)18(24)25/h9-11,16H,1-8H2,(H,24,25). The topological polar surface area (TPSA) is 67.6 Å². The summed E-state index contributed by atoms with van der Waals surface area (Å²) in [4.78, 5) is 12.4. The van der Waals surface area contributed by atoms with Gasteiger partial charge in [-0.3, -0.25) is 0 Å². The molecule has 1 aromatic carbocycles. The molecule has 2 fully saturated rings. The van der Waals surface area contributed by atoms with Gasteiger partial charge in [-0.05, 0) is 55.7 Å². The predicted octanol–water partition coefficient (Wildman–Crippen LogP) is 3.87. The van der Waals surface area contributed by atoms with Crippen molar-refractivity contribution < 1.29 is 23.4 Å². The number of carbonyl (C=O) groups is 1. The molecule has 6 nitrogen and oxygen atoms in total. The molecular weight excluding hydrogens is 344 g/mol. The molecule has 2 aliphatic heterocycles. The third kappa shape index (κ3) is 3.02. The lowest BCUT2D eigenvalue weighted by molar-refractivity contribution is -0.0375. The van der Waals surface area contributed by atoms with Gasteiger partial charge >= 0.3 is 6.09 Å². The number of nitrogens with zero attached hydrogens (tertiary/aromatic N) is 3. The Labute approximate surface area is 149 Å². The van der Waals surface area contributed by atoms with Crippen LogP contribution < -0.4 is 0 Å². The minimum atomic E-state index is -0.950. The number of rotatable bonds is 2. The molecule has 0 saturated carbocycles. The molecule has 2 aliphatic rings. The molecule has 140 valence electrons. The van der Waals surface area contributed by atoms with Crippen LogP contribution in [0.3, 0.4) is 0 Å². The van der Waals surface area contributed by atoms with Crippen molar-refractivity contribution in [1.29, 1.82) is 0 Å². The highest BCUT2D eigenvalue weighted by Gasteiger charge is 2.28. The molecule has 1 N–H and O–H groups in total. The number of hydrogen-bond donors (Lipinski definition) is 1. The number of carboxylic acid groups (broad SMARTS) is 1. The zero-order chi connectivity index (χ0) is 18.3. The van der Waals surface area contributed by atoms with Crippen molar-refractivity contribution in [3.8, 4) is 0 Å². The highest BCUT2D eigenvalue weighted by atomic mass is 19.1. The molecule has 8 heteroatoms. The summed E-state index contributed by atoms with van der Waals surface area (Å²) in [6.07, 6.45) is 2.52. The van der Waals surface area contributed by atoms with Crippen molar-refractivity contribution in [2.24, 2.45) is 0 Å². The smallest absolute Gasteiger partial charge is 0.407 e. The highest BCUT2D eigenvalue weighted by Crippen LogP contribution is 2.35. The van der Waals surface area contributed by atoms with E-state index in [9.17, 15) is 13.6 Å². The van der Waals surface area contributed by atoms with Gasteiger partial charge in [-0.2, -0.15) is 4.39 Å². The maximum atomic E-state index is 14.6. The molecule has 1 amide bonds. The summed E-state index contributed by atoms with van der Waals surface area (Å²) in [5.41, 5.74) is 1.03. The van der Waals surface area contributed by atoms with E-state index in [0.29, 0.717) is 43.6 Å². The minimum absolute atomic E-state index is 0.0892. The summed E-state index contributed by atoms with van der Waals surface area (Å²) in [5.74, 6) is -1.25. The monoisotopic (exact) mass is 365 g/mol. The van der Waals surface area contributed by atoms with E-state index in [1.54, 1.807) is 6.07 Å². The lowest BCUT2D eigenvalue weighted by Crippen LogP contribution is -2.37. The fourth-order valence-corrected chi connectivity index (χ4v) is 3.97. The van der Waals surface area contributed by atoms with Crippen molar-refractivity contribution in [1.82, 2.24) is 14.7 Å². The van der Waals surface area contributed by atoms with Gasteiger partial charge in [-0.1, -0.05) is 0 Å². The molecule has 3 heterocycles. The molecule has 1 atom stereocenters. The third-order valence-corrected chi connectivity index (χ3v) is 5.41. The molecule has 2 aromatic rings. The van der Waals surface area contributed by atoms with E-state index >= 15 is 0 Å². The Morgan fingerprint density at radius 2 is 1.96 bits per heavy atom. The van der Waals surface area contributed by atoms with Gasteiger partial charge in [0.15, 0.2) is 6.23 Å². The first kappa shape index (κ1) is 17.2. The van der Waals surface area contributed by atoms with Crippen LogP contribution in [0.5, 0.6) is 0 Å². The van der Waals surface area contributed by atoms with Crippen LogP contribution in [0, 0.1) is 11.8 Å². The fraction of sp³-hybridized carbons (Fsp3) is 0.556. The molecule has 0 aliphatic carbocycles. The van der Waals surface area contributed by atoms with E-state index in [0.717, 1.165) is 19.3 Å². The number of halogens is 2. The lowest BCUT2D eigenvalue weighted by Gasteiger charge is -2.30. The lowest BCUT2D eigenvalue weighted by atomic mass is 9.88. The van der Waals surface area contributed by atoms with Gasteiger partial charge in [0.1, 0.15) is 5.82 Å². The summed E-state index contributed by atoms with van der Waals surface area (Å²) in [7, 11) is 0. The second-order valence-electron chi connectivity index (χ2n) is 6.99. The Balaban J connectivity index is 1.67. The van der Waals surface area contributed by atoms with E-state index in [4.69, 9.17) is 9.84 Å². The van der Waals surface area contributed by atoms with E-state index < -0.39 is 17.9 Å². The van der Waals surface area contributed by atoms with Crippen molar-refractivity contribution in [3.05, 3.63) is 29.5 Å². The van der Waals surface area contributed by atoms with Crippen LogP contribution in [0.25, 0.3) is 10.9 Å². The first-order valence-electron chi connectivity index (χ1n) is 9.01. The molecule has 0 bridgehead atoms. The Hall–Kier alpha value is -2.22. The van der Waals surface area contributed by atoms with Crippen molar-refractivity contribution >= 4 is 17.0 Å². The Morgan fingerprint density at radius 3 is 2.62 bits per heavy atom. The highest BCUT2D eigenvalue weighted by molar-refractivity contribution is 5.80. The maximum Gasteiger partial charge on any atom is 0.407 e. The summed E-state index contributed by atoms with van der Waals surface area (Å²) < 4.78 is 36.1. The molecule has 0 spiro atoms. The second-order valence-corrected chi connectivity index (χ2v) is 6.99. The summed E-state index contributed by atoms with van der Waals surface area (Å²) in [6, 6.07) is 2.87. The summed E-state index contributed by atoms with van der Waals surface area (Å²) in [5, 5.41) is 13.2. The third-order valence-electron chi connectivity index (χ3n) is 5.41. The number of amides is 1. The molecule has 26 heavy (non-hydrogen) atoms. The first-order valence-corrected chi connectivity index (χ1v) is 9.01. The van der Waals surface area contributed by atoms with Crippen LogP contribution in [0.1, 0.15) is 49.8 Å². The number of benzene rings is 1. The van der Waals surface area contributed by atoms with Crippen LogP contribution in [0.2, 0.25) is 0 Å². The van der Waals surface area contributed by atoms with Gasteiger partial charge in [0.2, 0.25) is 5.95 Å². The number of piperidine rings is 1. The van der Waals surface area contributed by atoms with Gasteiger partial charge in [0, 0.05) is 19.7 Å².